The monoisotopic (exact) mass is 511 g/mol. The van der Waals surface area contributed by atoms with Gasteiger partial charge in [-0.1, -0.05) is 19.8 Å². The lowest BCUT2D eigenvalue weighted by Crippen LogP contribution is -2.52. The fourth-order valence-electron chi connectivity index (χ4n) is 2.91. The van der Waals surface area contributed by atoms with Crippen molar-refractivity contribution in [2.45, 2.75) is 61.4 Å². The summed E-state index contributed by atoms with van der Waals surface area (Å²) >= 11 is 2.79. The highest BCUT2D eigenvalue weighted by atomic mass is 32.2. The van der Waals surface area contributed by atoms with E-state index >= 15 is 0 Å². The number of unbranched alkanes of at least 4 members (excludes halogenated alkanes) is 1. The summed E-state index contributed by atoms with van der Waals surface area (Å²) in [6.07, 6.45) is 2.98. The van der Waals surface area contributed by atoms with E-state index in [-0.39, 0.29) is 25.0 Å². The third-order valence-electron chi connectivity index (χ3n) is 4.85. The number of amides is 2. The molecule has 6 N–H and O–H groups in total. The van der Waals surface area contributed by atoms with Crippen molar-refractivity contribution in [2.24, 2.45) is 5.73 Å². The molecule has 2 rings (SSSR count). The Kier molecular flexibility index (Phi) is 11.1. The highest BCUT2D eigenvalue weighted by molar-refractivity contribution is 8.01. The number of thiophene rings is 1. The van der Waals surface area contributed by atoms with E-state index in [4.69, 9.17) is 15.3 Å². The highest BCUT2D eigenvalue weighted by Gasteiger charge is 2.27. The summed E-state index contributed by atoms with van der Waals surface area (Å²) in [7, 11) is 0. The van der Waals surface area contributed by atoms with Gasteiger partial charge in [-0.05, 0) is 37.1 Å². The average Bonchev–Trinajstić information content (AvgIpc) is 3.49. The molecule has 0 spiro atoms. The number of hydrogen-bond donors (Lipinski definition) is 5. The molecular weight excluding hydrogens is 482 g/mol. The molecule has 0 aliphatic carbocycles. The number of carbonyl (C=O) groups excluding carboxylic acids is 2. The number of hydrogen-bond acceptors (Lipinski definition) is 8. The Balaban J connectivity index is 2.05. The lowest BCUT2D eigenvalue weighted by molar-refractivity contribution is -0.142. The lowest BCUT2D eigenvalue weighted by Gasteiger charge is -2.21. The fraction of sp³-hybridized carbons (Fsp3) is 0.455. The number of carbonyl (C=O) groups is 4. The molecule has 2 heterocycles. The second-order valence-corrected chi connectivity index (χ2v) is 9.96. The minimum atomic E-state index is -1.22. The number of aliphatic carboxylic acids is 2. The van der Waals surface area contributed by atoms with Crippen LogP contribution in [0, 0.1) is 0 Å². The van der Waals surface area contributed by atoms with Crippen LogP contribution < -0.4 is 16.4 Å². The van der Waals surface area contributed by atoms with E-state index in [1.54, 1.807) is 12.3 Å². The van der Waals surface area contributed by atoms with Gasteiger partial charge in [0, 0.05) is 12.2 Å². The highest BCUT2D eigenvalue weighted by Crippen LogP contribution is 2.34. The SMILES string of the molecule is CCCCC(NC(=O)C(CSc1ccc(-c2ccco2)s1)NC(=O)CCC(N)C(=O)O)C(=O)O. The van der Waals surface area contributed by atoms with Crippen LogP contribution in [0.3, 0.4) is 0 Å². The molecule has 0 aromatic carbocycles. The van der Waals surface area contributed by atoms with Crippen molar-refractivity contribution in [1.82, 2.24) is 10.6 Å². The molecule has 0 radical (unpaired) electrons. The first-order chi connectivity index (χ1) is 16.2. The predicted molar refractivity (Wildman–Crippen MR) is 129 cm³/mol. The van der Waals surface area contributed by atoms with Gasteiger partial charge in [-0.3, -0.25) is 14.4 Å². The summed E-state index contributed by atoms with van der Waals surface area (Å²) in [4.78, 5) is 48.6. The van der Waals surface area contributed by atoms with Gasteiger partial charge in [0.05, 0.1) is 15.3 Å². The molecule has 34 heavy (non-hydrogen) atoms. The van der Waals surface area contributed by atoms with E-state index in [0.29, 0.717) is 6.42 Å². The quantitative estimate of drug-likeness (QED) is 0.225. The first-order valence-electron chi connectivity index (χ1n) is 10.8. The number of thioether (sulfide) groups is 1. The first kappa shape index (κ1) is 27.4. The number of nitrogens with one attached hydrogen (secondary N) is 2. The van der Waals surface area contributed by atoms with Crippen molar-refractivity contribution in [3.8, 4) is 10.6 Å². The average molecular weight is 512 g/mol. The second kappa shape index (κ2) is 13.8. The van der Waals surface area contributed by atoms with Gasteiger partial charge < -0.3 is 31.0 Å². The Bertz CT molecular complexity index is 962. The molecule has 2 aromatic heterocycles. The summed E-state index contributed by atoms with van der Waals surface area (Å²) in [6.45, 7) is 1.92. The molecule has 12 heteroatoms. The number of carboxylic acids is 2. The molecule has 2 aromatic rings. The second-order valence-electron chi connectivity index (χ2n) is 7.55. The van der Waals surface area contributed by atoms with E-state index in [2.05, 4.69) is 10.6 Å². The van der Waals surface area contributed by atoms with E-state index in [9.17, 15) is 24.3 Å². The van der Waals surface area contributed by atoms with E-state index in [1.807, 2.05) is 25.1 Å². The van der Waals surface area contributed by atoms with E-state index in [1.165, 1.54) is 23.1 Å². The summed E-state index contributed by atoms with van der Waals surface area (Å²) in [6, 6.07) is 4.10. The van der Waals surface area contributed by atoms with Crippen molar-refractivity contribution < 1.29 is 33.8 Å². The van der Waals surface area contributed by atoms with Gasteiger partial charge in [0.15, 0.2) is 0 Å². The Morgan fingerprint density at radius 1 is 1.09 bits per heavy atom. The van der Waals surface area contributed by atoms with Crippen molar-refractivity contribution in [2.75, 3.05) is 5.75 Å². The summed E-state index contributed by atoms with van der Waals surface area (Å²) in [5, 5.41) is 23.4. The summed E-state index contributed by atoms with van der Waals surface area (Å²) in [5.41, 5.74) is 5.44. The topological polar surface area (TPSA) is 172 Å². The Morgan fingerprint density at radius 2 is 1.85 bits per heavy atom. The van der Waals surface area contributed by atoms with Gasteiger partial charge in [-0.2, -0.15) is 0 Å². The zero-order valence-electron chi connectivity index (χ0n) is 18.7. The Morgan fingerprint density at radius 3 is 2.47 bits per heavy atom. The van der Waals surface area contributed by atoms with Crippen molar-refractivity contribution in [3.05, 3.63) is 30.5 Å². The molecule has 0 saturated heterocycles. The van der Waals surface area contributed by atoms with E-state index in [0.717, 1.165) is 21.3 Å². The van der Waals surface area contributed by atoms with Crippen LogP contribution in [0.25, 0.3) is 10.6 Å². The maximum atomic E-state index is 12.9. The van der Waals surface area contributed by atoms with Crippen molar-refractivity contribution in [1.29, 1.82) is 0 Å². The number of furan rings is 1. The third kappa shape index (κ3) is 8.84. The van der Waals surface area contributed by atoms with Gasteiger partial charge in [0.25, 0.3) is 0 Å². The van der Waals surface area contributed by atoms with Crippen molar-refractivity contribution in [3.63, 3.8) is 0 Å². The van der Waals surface area contributed by atoms with Crippen LogP contribution in [0.1, 0.15) is 39.0 Å². The van der Waals surface area contributed by atoms with Gasteiger partial charge in [0.1, 0.15) is 23.9 Å². The van der Waals surface area contributed by atoms with Gasteiger partial charge in [0.2, 0.25) is 11.8 Å². The van der Waals surface area contributed by atoms with Crippen LogP contribution in [-0.2, 0) is 19.2 Å². The zero-order valence-corrected chi connectivity index (χ0v) is 20.3. The molecule has 0 bridgehead atoms. The molecule has 0 saturated carbocycles. The third-order valence-corrected chi connectivity index (χ3v) is 7.27. The van der Waals surface area contributed by atoms with Gasteiger partial charge in [-0.25, -0.2) is 4.79 Å². The number of nitrogens with two attached hydrogens (primary N) is 1. The largest absolute Gasteiger partial charge is 0.480 e. The van der Waals surface area contributed by atoms with Crippen LogP contribution in [0.15, 0.2) is 39.2 Å². The Labute approximate surface area is 205 Å². The standard InChI is InChI=1S/C22H29N3O7S2/c1-2-3-5-14(22(30)31)25-20(27)15(24-18(26)9-7-13(23)21(28)29)12-33-19-10-8-17(34-19)16-6-4-11-32-16/h4,6,8,10-11,13-15H,2-3,5,7,9,12,23H2,1H3,(H,24,26)(H,25,27)(H,28,29)(H,30,31). The van der Waals surface area contributed by atoms with Crippen LogP contribution in [0.4, 0.5) is 0 Å². The number of rotatable bonds is 15. The molecule has 0 fully saturated rings. The molecule has 3 atom stereocenters. The van der Waals surface area contributed by atoms with Crippen LogP contribution >= 0.6 is 23.1 Å². The first-order valence-corrected chi connectivity index (χ1v) is 12.6. The Hall–Kier alpha value is -2.83. The molecular formula is C22H29N3O7S2. The van der Waals surface area contributed by atoms with Crippen LogP contribution in [-0.4, -0.2) is 57.8 Å². The van der Waals surface area contributed by atoms with Gasteiger partial charge in [-0.15, -0.1) is 23.1 Å². The molecule has 0 aliphatic rings. The van der Waals surface area contributed by atoms with E-state index < -0.39 is 41.9 Å². The van der Waals surface area contributed by atoms with Gasteiger partial charge >= 0.3 is 11.9 Å². The number of carboxylic acid groups (broad SMARTS) is 2. The predicted octanol–water partition coefficient (Wildman–Crippen LogP) is 2.54. The van der Waals surface area contributed by atoms with Crippen LogP contribution in [0.2, 0.25) is 0 Å². The lowest BCUT2D eigenvalue weighted by atomic mass is 10.1. The summed E-state index contributed by atoms with van der Waals surface area (Å²) in [5.74, 6) is -2.65. The normalized spacial score (nSPS) is 13.6. The molecule has 2 amide bonds. The minimum absolute atomic E-state index is 0.0890. The molecule has 186 valence electrons. The molecule has 0 aliphatic heterocycles. The van der Waals surface area contributed by atoms with Crippen LogP contribution in [0.5, 0.6) is 0 Å². The minimum Gasteiger partial charge on any atom is -0.480 e. The molecule has 3 unspecified atom stereocenters. The smallest absolute Gasteiger partial charge is 0.326 e. The zero-order chi connectivity index (χ0) is 25.1. The fourth-order valence-corrected chi connectivity index (χ4v) is 5.06. The maximum Gasteiger partial charge on any atom is 0.326 e. The van der Waals surface area contributed by atoms with Crippen molar-refractivity contribution >= 4 is 46.9 Å². The maximum absolute atomic E-state index is 12.9. The summed E-state index contributed by atoms with van der Waals surface area (Å²) < 4.78 is 6.26. The molecule has 10 nitrogen and oxygen atoms in total.